The lowest BCUT2D eigenvalue weighted by Crippen LogP contribution is -2.02. The second-order valence-corrected chi connectivity index (χ2v) is 4.71. The smallest absolute Gasteiger partial charge is 0.133 e. The van der Waals surface area contributed by atoms with E-state index in [4.69, 9.17) is 16.3 Å². The van der Waals surface area contributed by atoms with Crippen LogP contribution in [-0.2, 0) is 4.79 Å². The van der Waals surface area contributed by atoms with Crippen LogP contribution in [0.2, 0.25) is 5.02 Å². The Morgan fingerprint density at radius 1 is 1.50 bits per heavy atom. The van der Waals surface area contributed by atoms with Crippen LogP contribution in [0.1, 0.15) is 26.2 Å². The highest BCUT2D eigenvalue weighted by molar-refractivity contribution is 9.10. The highest BCUT2D eigenvalue weighted by Crippen LogP contribution is 2.28. The van der Waals surface area contributed by atoms with Crippen molar-refractivity contribution in [2.45, 2.75) is 26.2 Å². The second kappa shape index (κ2) is 6.92. The van der Waals surface area contributed by atoms with E-state index in [-0.39, 0.29) is 5.78 Å². The molecule has 4 heteroatoms. The van der Waals surface area contributed by atoms with Crippen LogP contribution in [0.5, 0.6) is 5.75 Å². The van der Waals surface area contributed by atoms with Gasteiger partial charge < -0.3 is 4.74 Å². The molecule has 0 radical (unpaired) electrons. The Kier molecular flexibility index (Phi) is 5.85. The predicted molar refractivity (Wildman–Crippen MR) is 69.2 cm³/mol. The van der Waals surface area contributed by atoms with Crippen LogP contribution in [0, 0.1) is 0 Å². The van der Waals surface area contributed by atoms with Crippen molar-refractivity contribution in [1.29, 1.82) is 0 Å². The summed E-state index contributed by atoms with van der Waals surface area (Å²) < 4.78 is 6.36. The lowest BCUT2D eigenvalue weighted by molar-refractivity contribution is -0.118. The molecule has 0 aliphatic heterocycles. The first kappa shape index (κ1) is 13.5. The van der Waals surface area contributed by atoms with Gasteiger partial charge in [-0.15, -0.1) is 0 Å². The van der Waals surface area contributed by atoms with Crippen molar-refractivity contribution in [2.24, 2.45) is 0 Å². The van der Waals surface area contributed by atoms with E-state index < -0.39 is 0 Å². The number of halogens is 2. The van der Waals surface area contributed by atoms with Crippen molar-refractivity contribution in [2.75, 3.05) is 6.61 Å². The van der Waals surface area contributed by atoms with Crippen molar-refractivity contribution in [3.8, 4) is 5.75 Å². The normalized spacial score (nSPS) is 10.2. The van der Waals surface area contributed by atoms with E-state index in [1.165, 1.54) is 0 Å². The molecule has 16 heavy (non-hydrogen) atoms. The minimum absolute atomic E-state index is 0.277. The molecule has 0 heterocycles. The maximum absolute atomic E-state index is 11.1. The van der Waals surface area contributed by atoms with Gasteiger partial charge in [-0.2, -0.15) is 0 Å². The van der Waals surface area contributed by atoms with Gasteiger partial charge in [-0.1, -0.05) is 18.5 Å². The van der Waals surface area contributed by atoms with Crippen LogP contribution < -0.4 is 4.74 Å². The number of ether oxygens (including phenoxy) is 1. The lowest BCUT2D eigenvalue weighted by Gasteiger charge is -2.07. The summed E-state index contributed by atoms with van der Waals surface area (Å²) in [5.74, 6) is 1.03. The molecule has 0 unspecified atom stereocenters. The maximum atomic E-state index is 11.1. The molecule has 0 atom stereocenters. The Labute approximate surface area is 109 Å². The number of ketones is 1. The number of rotatable bonds is 6. The third-order valence-corrected chi connectivity index (χ3v) is 3.00. The summed E-state index contributed by atoms with van der Waals surface area (Å²) in [6.45, 7) is 2.42. The van der Waals surface area contributed by atoms with Crippen molar-refractivity contribution in [3.05, 3.63) is 27.7 Å². The third-order valence-electron chi connectivity index (χ3n) is 2.15. The van der Waals surface area contributed by atoms with Gasteiger partial charge >= 0.3 is 0 Å². The van der Waals surface area contributed by atoms with Crippen LogP contribution in [0.15, 0.2) is 22.7 Å². The molecule has 0 bridgehead atoms. The van der Waals surface area contributed by atoms with Gasteiger partial charge in [-0.05, 0) is 40.5 Å². The molecule has 88 valence electrons. The van der Waals surface area contributed by atoms with Gasteiger partial charge in [0.1, 0.15) is 11.5 Å². The Morgan fingerprint density at radius 2 is 2.25 bits per heavy atom. The number of hydrogen-bond acceptors (Lipinski definition) is 2. The van der Waals surface area contributed by atoms with Crippen LogP contribution >= 0.6 is 27.5 Å². The molecule has 1 aromatic carbocycles. The Morgan fingerprint density at radius 3 is 2.88 bits per heavy atom. The van der Waals surface area contributed by atoms with Gasteiger partial charge in [0.15, 0.2) is 0 Å². The minimum Gasteiger partial charge on any atom is -0.492 e. The first-order valence-corrected chi connectivity index (χ1v) is 6.40. The SMILES string of the molecule is CCC(=O)CCCOc1ccc(Cl)cc1Br. The van der Waals surface area contributed by atoms with E-state index in [1.54, 1.807) is 12.1 Å². The van der Waals surface area contributed by atoms with Gasteiger partial charge in [0.2, 0.25) is 0 Å². The topological polar surface area (TPSA) is 26.3 Å². The fourth-order valence-electron chi connectivity index (χ4n) is 1.22. The summed E-state index contributed by atoms with van der Waals surface area (Å²) in [6.07, 6.45) is 1.94. The number of carbonyl (C=O) groups is 1. The number of Topliss-reactive ketones (excluding diaryl/α,β-unsaturated/α-hetero) is 1. The molecule has 1 aromatic rings. The van der Waals surface area contributed by atoms with E-state index in [2.05, 4.69) is 15.9 Å². The average Bonchev–Trinajstić information content (AvgIpc) is 2.26. The highest BCUT2D eigenvalue weighted by Gasteiger charge is 2.02. The zero-order valence-corrected chi connectivity index (χ0v) is 11.5. The number of carbonyl (C=O) groups excluding carboxylic acids is 1. The van der Waals surface area contributed by atoms with Crippen molar-refractivity contribution >= 4 is 33.3 Å². The summed E-state index contributed by atoms with van der Waals surface area (Å²) in [5.41, 5.74) is 0. The quantitative estimate of drug-likeness (QED) is 0.735. The molecule has 0 aliphatic carbocycles. The van der Waals surface area contributed by atoms with Gasteiger partial charge in [0.05, 0.1) is 11.1 Å². The minimum atomic E-state index is 0.277. The largest absolute Gasteiger partial charge is 0.492 e. The Balaban J connectivity index is 2.35. The lowest BCUT2D eigenvalue weighted by atomic mass is 10.2. The molecule has 0 N–H and O–H groups in total. The molecule has 0 spiro atoms. The van der Waals surface area contributed by atoms with Gasteiger partial charge in [0, 0.05) is 17.9 Å². The predicted octanol–water partition coefficient (Wildman–Crippen LogP) is 4.24. The fourth-order valence-corrected chi connectivity index (χ4v) is 2.02. The Bertz CT molecular complexity index is 366. The molecule has 0 aromatic heterocycles. The standard InChI is InChI=1S/C12H14BrClO2/c1-2-10(15)4-3-7-16-12-6-5-9(14)8-11(12)13/h5-6,8H,2-4,7H2,1H3. The molecular formula is C12H14BrClO2. The third kappa shape index (κ3) is 4.54. The summed E-state index contributed by atoms with van der Waals surface area (Å²) in [4.78, 5) is 11.1. The molecule has 0 saturated carbocycles. The molecule has 0 amide bonds. The second-order valence-electron chi connectivity index (χ2n) is 3.42. The molecular weight excluding hydrogens is 291 g/mol. The average molecular weight is 306 g/mol. The maximum Gasteiger partial charge on any atom is 0.133 e. The molecule has 0 aliphatic rings. The van der Waals surface area contributed by atoms with E-state index in [0.29, 0.717) is 24.5 Å². The molecule has 1 rings (SSSR count). The first-order chi connectivity index (χ1) is 7.63. The van der Waals surface area contributed by atoms with E-state index in [1.807, 2.05) is 13.0 Å². The molecule has 0 fully saturated rings. The summed E-state index contributed by atoms with van der Waals surface area (Å²) in [6, 6.07) is 5.38. The van der Waals surface area contributed by atoms with E-state index in [0.717, 1.165) is 16.6 Å². The molecule has 2 nitrogen and oxygen atoms in total. The van der Waals surface area contributed by atoms with Crippen LogP contribution in [0.25, 0.3) is 0 Å². The van der Waals surface area contributed by atoms with Gasteiger partial charge in [0.25, 0.3) is 0 Å². The zero-order chi connectivity index (χ0) is 12.0. The molecule has 0 saturated heterocycles. The van der Waals surface area contributed by atoms with Crippen LogP contribution in [-0.4, -0.2) is 12.4 Å². The monoisotopic (exact) mass is 304 g/mol. The summed E-state index contributed by atoms with van der Waals surface area (Å²) >= 11 is 9.17. The fraction of sp³-hybridized carbons (Fsp3) is 0.417. The van der Waals surface area contributed by atoms with Crippen molar-refractivity contribution < 1.29 is 9.53 Å². The summed E-state index contributed by atoms with van der Waals surface area (Å²) in [5, 5.41) is 0.667. The van der Waals surface area contributed by atoms with Crippen LogP contribution in [0.3, 0.4) is 0 Å². The van der Waals surface area contributed by atoms with Gasteiger partial charge in [-0.25, -0.2) is 0 Å². The Hall–Kier alpha value is -0.540. The highest BCUT2D eigenvalue weighted by atomic mass is 79.9. The van der Waals surface area contributed by atoms with Gasteiger partial charge in [-0.3, -0.25) is 4.79 Å². The first-order valence-electron chi connectivity index (χ1n) is 5.23. The van der Waals surface area contributed by atoms with Crippen molar-refractivity contribution in [3.63, 3.8) is 0 Å². The van der Waals surface area contributed by atoms with Crippen molar-refractivity contribution in [1.82, 2.24) is 0 Å². The zero-order valence-electron chi connectivity index (χ0n) is 9.13. The number of hydrogen-bond donors (Lipinski definition) is 0. The number of benzene rings is 1. The summed E-state index contributed by atoms with van der Waals surface area (Å²) in [7, 11) is 0. The van der Waals surface area contributed by atoms with E-state index >= 15 is 0 Å². The van der Waals surface area contributed by atoms with Crippen LogP contribution in [0.4, 0.5) is 0 Å². The van der Waals surface area contributed by atoms with E-state index in [9.17, 15) is 4.79 Å².